The number of hydrogen-bond acceptors (Lipinski definition) is 1. The predicted molar refractivity (Wildman–Crippen MR) is 56.9 cm³/mol. The summed E-state index contributed by atoms with van der Waals surface area (Å²) in [6, 6.07) is 0. The van der Waals surface area contributed by atoms with Crippen LogP contribution in [-0.4, -0.2) is 6.21 Å². The highest BCUT2D eigenvalue weighted by atomic mass is 35.5. The Morgan fingerprint density at radius 1 is 1.33 bits per heavy atom. The number of rotatable bonds is 3. The lowest BCUT2D eigenvalue weighted by molar-refractivity contribution is 1.08. The van der Waals surface area contributed by atoms with Crippen LogP contribution in [0.15, 0.2) is 26.8 Å². The quantitative estimate of drug-likeness (QED) is 0.487. The fraction of sp³-hybridized carbons (Fsp3) is 0.444. The second-order valence-electron chi connectivity index (χ2n) is 2.46. The number of nitrogens with zero attached hydrogens (tertiary/aromatic N) is 1. The second kappa shape index (κ2) is 6.27. The van der Waals surface area contributed by atoms with Gasteiger partial charge in [0.25, 0.3) is 0 Å². The van der Waals surface area contributed by atoms with Crippen LogP contribution in [0.25, 0.3) is 0 Å². The van der Waals surface area contributed by atoms with E-state index < -0.39 is 0 Å². The van der Waals surface area contributed by atoms with E-state index in [-0.39, 0.29) is 0 Å². The summed E-state index contributed by atoms with van der Waals surface area (Å²) < 4.78 is 0. The molecule has 0 atom stereocenters. The molecule has 0 saturated carbocycles. The van der Waals surface area contributed by atoms with Crippen LogP contribution in [0.5, 0.6) is 0 Å². The zero-order valence-electron chi connectivity index (χ0n) is 7.56. The molecule has 0 heterocycles. The highest BCUT2D eigenvalue weighted by molar-refractivity contribution is 6.31. The molecule has 0 aromatic rings. The van der Waals surface area contributed by atoms with Gasteiger partial charge in [-0.2, -0.15) is 0 Å². The van der Waals surface area contributed by atoms with E-state index >= 15 is 0 Å². The van der Waals surface area contributed by atoms with Gasteiger partial charge in [0.2, 0.25) is 0 Å². The van der Waals surface area contributed by atoms with Gasteiger partial charge in [-0.25, -0.2) is 4.99 Å². The van der Waals surface area contributed by atoms with Gasteiger partial charge >= 0.3 is 0 Å². The molecule has 0 amide bonds. The van der Waals surface area contributed by atoms with Crippen LogP contribution in [0.1, 0.15) is 27.2 Å². The van der Waals surface area contributed by atoms with Crippen LogP contribution in [0.4, 0.5) is 0 Å². The molecule has 0 unspecified atom stereocenters. The summed E-state index contributed by atoms with van der Waals surface area (Å²) in [6.45, 7) is 5.78. The normalized spacial score (nSPS) is 15.2. The van der Waals surface area contributed by atoms with E-state index in [0.29, 0.717) is 10.2 Å². The number of aliphatic imine (C=N–C) groups is 1. The van der Waals surface area contributed by atoms with Crippen molar-refractivity contribution in [3.8, 4) is 0 Å². The van der Waals surface area contributed by atoms with E-state index in [4.69, 9.17) is 23.2 Å². The molecule has 0 aromatic carbocycles. The highest BCUT2D eigenvalue weighted by Crippen LogP contribution is 2.12. The third kappa shape index (κ3) is 5.39. The highest BCUT2D eigenvalue weighted by Gasteiger charge is 1.91. The van der Waals surface area contributed by atoms with Gasteiger partial charge in [-0.1, -0.05) is 30.1 Å². The number of hydrogen-bond donors (Lipinski definition) is 0. The monoisotopic (exact) mass is 205 g/mol. The molecule has 68 valence electrons. The van der Waals surface area contributed by atoms with Crippen LogP contribution in [0, 0.1) is 0 Å². The van der Waals surface area contributed by atoms with E-state index in [1.165, 1.54) is 0 Å². The van der Waals surface area contributed by atoms with E-state index in [2.05, 4.69) is 4.99 Å². The zero-order valence-corrected chi connectivity index (χ0v) is 9.08. The van der Waals surface area contributed by atoms with Crippen molar-refractivity contribution in [2.45, 2.75) is 27.2 Å². The maximum absolute atomic E-state index is 5.82. The Kier molecular flexibility index (Phi) is 6.13. The molecule has 0 saturated heterocycles. The van der Waals surface area contributed by atoms with Crippen molar-refractivity contribution >= 4 is 29.4 Å². The van der Waals surface area contributed by atoms with Crippen molar-refractivity contribution in [1.29, 1.82) is 0 Å². The summed E-state index contributed by atoms with van der Waals surface area (Å²) in [5.41, 5.74) is 1.08. The van der Waals surface area contributed by atoms with Crippen molar-refractivity contribution in [3.63, 3.8) is 0 Å². The summed E-state index contributed by atoms with van der Waals surface area (Å²) >= 11 is 11.4. The maximum Gasteiger partial charge on any atom is 0.127 e. The minimum atomic E-state index is 0.548. The molecular weight excluding hydrogens is 193 g/mol. The molecule has 0 spiro atoms. The average Bonchev–Trinajstić information content (AvgIpc) is 2.02. The Hall–Kier alpha value is -0.270. The summed E-state index contributed by atoms with van der Waals surface area (Å²) in [5.74, 6) is 0. The first-order chi connectivity index (χ1) is 5.57. The first-order valence-corrected chi connectivity index (χ1v) is 4.55. The standard InChI is InChI=1S/C9H13Cl2N/c1-4-7(2)9(11)12-6-5-8(3)10/h5-6H,4H2,1-3H3/b8-5+,9-7-,12-6-. The Morgan fingerprint density at radius 2 is 1.92 bits per heavy atom. The molecular formula is C9H13Cl2N. The van der Waals surface area contributed by atoms with Crippen LogP contribution < -0.4 is 0 Å². The van der Waals surface area contributed by atoms with Gasteiger partial charge < -0.3 is 0 Å². The predicted octanol–water partition coefficient (Wildman–Crippen LogP) is 4.08. The summed E-state index contributed by atoms with van der Waals surface area (Å²) in [6.07, 6.45) is 4.22. The Bertz CT molecular complexity index is 223. The maximum atomic E-state index is 5.82. The topological polar surface area (TPSA) is 12.4 Å². The van der Waals surface area contributed by atoms with Crippen molar-refractivity contribution < 1.29 is 0 Å². The Balaban J connectivity index is 4.27. The summed E-state index contributed by atoms with van der Waals surface area (Å²) in [7, 11) is 0. The molecule has 0 aliphatic heterocycles. The average molecular weight is 206 g/mol. The fourth-order valence-electron chi connectivity index (χ4n) is 0.461. The number of allylic oxidation sites excluding steroid dienone is 3. The summed E-state index contributed by atoms with van der Waals surface area (Å²) in [5, 5.41) is 1.24. The largest absolute Gasteiger partial charge is 0.245 e. The second-order valence-corrected chi connectivity index (χ2v) is 3.41. The summed E-state index contributed by atoms with van der Waals surface area (Å²) in [4.78, 5) is 3.99. The van der Waals surface area contributed by atoms with Gasteiger partial charge in [-0.3, -0.25) is 0 Å². The van der Waals surface area contributed by atoms with Crippen molar-refractivity contribution in [3.05, 3.63) is 21.8 Å². The molecule has 0 radical (unpaired) electrons. The van der Waals surface area contributed by atoms with Crippen molar-refractivity contribution in [2.24, 2.45) is 4.99 Å². The van der Waals surface area contributed by atoms with E-state index in [1.807, 2.05) is 13.8 Å². The lowest BCUT2D eigenvalue weighted by atomic mass is 10.3. The van der Waals surface area contributed by atoms with Gasteiger partial charge in [0.05, 0.1) is 0 Å². The van der Waals surface area contributed by atoms with Crippen LogP contribution in [0.2, 0.25) is 0 Å². The first-order valence-electron chi connectivity index (χ1n) is 3.79. The van der Waals surface area contributed by atoms with Crippen LogP contribution in [0.3, 0.4) is 0 Å². The van der Waals surface area contributed by atoms with E-state index in [0.717, 1.165) is 12.0 Å². The Labute approximate surface area is 83.8 Å². The molecule has 0 rings (SSSR count). The fourth-order valence-corrected chi connectivity index (χ4v) is 0.708. The third-order valence-electron chi connectivity index (χ3n) is 1.37. The smallest absolute Gasteiger partial charge is 0.127 e. The molecule has 0 aliphatic rings. The van der Waals surface area contributed by atoms with Gasteiger partial charge in [0.1, 0.15) is 5.16 Å². The Morgan fingerprint density at radius 3 is 2.33 bits per heavy atom. The molecule has 0 N–H and O–H groups in total. The van der Waals surface area contributed by atoms with E-state index in [9.17, 15) is 0 Å². The first kappa shape index (κ1) is 11.7. The van der Waals surface area contributed by atoms with Crippen LogP contribution in [-0.2, 0) is 0 Å². The lowest BCUT2D eigenvalue weighted by Crippen LogP contribution is -1.76. The number of halogens is 2. The third-order valence-corrected chi connectivity index (χ3v) is 1.92. The molecule has 0 aliphatic carbocycles. The SMILES string of the molecule is CC\C(C)=C(Cl)/N=C\C=C(/C)Cl. The molecule has 1 nitrogen and oxygen atoms in total. The van der Waals surface area contributed by atoms with Gasteiger partial charge in [0.15, 0.2) is 0 Å². The minimum Gasteiger partial charge on any atom is -0.245 e. The molecule has 0 aromatic heterocycles. The van der Waals surface area contributed by atoms with E-state index in [1.54, 1.807) is 19.2 Å². The molecule has 12 heavy (non-hydrogen) atoms. The molecule has 0 fully saturated rings. The minimum absolute atomic E-state index is 0.548. The van der Waals surface area contributed by atoms with Crippen LogP contribution >= 0.6 is 23.2 Å². The van der Waals surface area contributed by atoms with Crippen molar-refractivity contribution in [1.82, 2.24) is 0 Å². The molecule has 3 heteroatoms. The van der Waals surface area contributed by atoms with Crippen molar-refractivity contribution in [2.75, 3.05) is 0 Å². The van der Waals surface area contributed by atoms with Gasteiger partial charge in [-0.15, -0.1) is 0 Å². The molecule has 0 bridgehead atoms. The van der Waals surface area contributed by atoms with Gasteiger partial charge in [0, 0.05) is 11.2 Å². The van der Waals surface area contributed by atoms with Gasteiger partial charge in [-0.05, 0) is 31.9 Å². The zero-order chi connectivity index (χ0) is 9.56. The lowest BCUT2D eigenvalue weighted by Gasteiger charge is -1.94.